The quantitative estimate of drug-likeness (QED) is 0.0974. The average Bonchev–Trinajstić information content (AvgIpc) is 3.76. The first-order chi connectivity index (χ1) is 27.4. The molecule has 0 aromatic rings. The fraction of sp³-hybridized carbons (Fsp3) is 0.900. The minimum atomic E-state index is -0.772. The summed E-state index contributed by atoms with van der Waals surface area (Å²) in [6, 6.07) is -0.257. The number of ketones is 3. The van der Waals surface area contributed by atoms with E-state index in [0.29, 0.717) is 44.9 Å². The summed E-state index contributed by atoms with van der Waals surface area (Å²) in [5.41, 5.74) is -3.25. The molecule has 0 aliphatic carbocycles. The molecule has 0 bridgehead atoms. The molecule has 2 amide bonds. The van der Waals surface area contributed by atoms with Crippen LogP contribution in [0.5, 0.6) is 0 Å². The normalized spacial score (nSPS) is 20.4. The molecule has 0 radical (unpaired) electrons. The third-order valence-corrected chi connectivity index (χ3v) is 12.1. The van der Waals surface area contributed by atoms with Gasteiger partial charge in [0.2, 0.25) is 5.91 Å². The number of ether oxygens (including phenoxy) is 1. The summed E-state index contributed by atoms with van der Waals surface area (Å²) in [4.78, 5) is 70.3. The first kappa shape index (κ1) is 53.8. The Kier molecular flexibility index (Phi) is 20.0. The van der Waals surface area contributed by atoms with E-state index in [-0.39, 0.29) is 40.7 Å². The van der Waals surface area contributed by atoms with Gasteiger partial charge in [-0.1, -0.05) is 127 Å². The van der Waals surface area contributed by atoms with E-state index in [0.717, 1.165) is 103 Å². The van der Waals surface area contributed by atoms with E-state index in [1.165, 1.54) is 0 Å². The Morgan fingerprint density at radius 2 is 1.13 bits per heavy atom. The van der Waals surface area contributed by atoms with Crippen LogP contribution in [0.2, 0.25) is 0 Å². The zero-order chi connectivity index (χ0) is 45.8. The second-order valence-electron chi connectivity index (χ2n) is 23.7. The third kappa shape index (κ3) is 17.4. The lowest BCUT2D eigenvalue weighted by Gasteiger charge is -2.43. The lowest BCUT2D eigenvalue weighted by Crippen LogP contribution is -2.63. The summed E-state index contributed by atoms with van der Waals surface area (Å²) < 4.78 is 5.69. The Morgan fingerprint density at radius 3 is 1.62 bits per heavy atom. The average molecular weight is 845 g/mol. The summed E-state index contributed by atoms with van der Waals surface area (Å²) >= 11 is 0. The Morgan fingerprint density at radius 1 is 0.617 bits per heavy atom. The van der Waals surface area contributed by atoms with Crippen molar-refractivity contribution in [1.29, 1.82) is 0 Å². The maximum Gasteiger partial charge on any atom is 0.409 e. The van der Waals surface area contributed by atoms with Gasteiger partial charge in [0.15, 0.2) is 17.3 Å². The topological polar surface area (TPSA) is 125 Å². The van der Waals surface area contributed by atoms with E-state index >= 15 is 0 Å². The highest BCUT2D eigenvalue weighted by molar-refractivity contribution is 5.94. The van der Waals surface area contributed by atoms with Crippen molar-refractivity contribution in [2.75, 3.05) is 26.2 Å². The number of amides is 2. The van der Waals surface area contributed by atoms with Gasteiger partial charge in [0.25, 0.3) is 0 Å². The van der Waals surface area contributed by atoms with Crippen LogP contribution >= 0.6 is 0 Å². The molecule has 2 heterocycles. The van der Waals surface area contributed by atoms with Crippen LogP contribution in [-0.2, 0) is 23.9 Å². The Balaban J connectivity index is 1.80. The molecular formula is C50H92N4O6. The Bertz CT molecular complexity index is 1410. The molecule has 2 aliphatic rings. The van der Waals surface area contributed by atoms with E-state index in [9.17, 15) is 24.0 Å². The highest BCUT2D eigenvalue weighted by Crippen LogP contribution is 2.35. The molecule has 2 aliphatic heterocycles. The lowest BCUT2D eigenvalue weighted by atomic mass is 9.72. The van der Waals surface area contributed by atoms with Crippen molar-refractivity contribution < 1.29 is 28.7 Å². The summed E-state index contributed by atoms with van der Waals surface area (Å²) in [7, 11) is 0. The molecule has 1 unspecified atom stereocenters. The monoisotopic (exact) mass is 845 g/mol. The van der Waals surface area contributed by atoms with Crippen molar-refractivity contribution in [1.82, 2.24) is 20.4 Å². The maximum absolute atomic E-state index is 14.2. The predicted molar refractivity (Wildman–Crippen MR) is 246 cm³/mol. The molecule has 348 valence electrons. The van der Waals surface area contributed by atoms with Gasteiger partial charge in [0.05, 0.1) is 23.7 Å². The Hall–Kier alpha value is -2.33. The Labute approximate surface area is 367 Å². The standard InChI is InChI=1S/C50H92N4O6/c1-44(2,3)40(56)38-29-28-34-54(38)39(55)30-24-20-16-17-21-25-31-49(51-47(10,11)12,41(57)45(4,5)6)32-26-22-18-19-23-27-36-60-43(59)53-35-33-50(37-53,52-48(13,14)15)42(58)46(7,8)9/h38,51-52H,16-37H2,1-15H3/t38-,49?,50+/m1/s1. The molecule has 2 saturated heterocycles. The molecule has 10 nitrogen and oxygen atoms in total. The summed E-state index contributed by atoms with van der Waals surface area (Å²) in [5, 5.41) is 7.39. The van der Waals surface area contributed by atoms with Crippen LogP contribution in [0.25, 0.3) is 0 Å². The molecule has 0 spiro atoms. The molecular weight excluding hydrogens is 753 g/mol. The summed E-state index contributed by atoms with van der Waals surface area (Å²) in [6.07, 6.45) is 16.0. The van der Waals surface area contributed by atoms with Gasteiger partial charge in [0, 0.05) is 53.4 Å². The van der Waals surface area contributed by atoms with Crippen molar-refractivity contribution in [3.63, 3.8) is 0 Å². The number of Topliss-reactive ketones (excluding diaryl/α,β-unsaturated/α-hetero) is 3. The third-order valence-electron chi connectivity index (χ3n) is 12.1. The number of hydrogen-bond donors (Lipinski definition) is 2. The van der Waals surface area contributed by atoms with Crippen molar-refractivity contribution in [2.24, 2.45) is 16.2 Å². The zero-order valence-electron chi connectivity index (χ0n) is 41.5. The van der Waals surface area contributed by atoms with Crippen molar-refractivity contribution >= 4 is 29.4 Å². The second kappa shape index (κ2) is 22.3. The molecule has 3 atom stereocenters. The van der Waals surface area contributed by atoms with E-state index in [2.05, 4.69) is 52.2 Å². The van der Waals surface area contributed by atoms with Gasteiger partial charge in [-0.15, -0.1) is 0 Å². The predicted octanol–water partition coefficient (Wildman–Crippen LogP) is 10.8. The minimum Gasteiger partial charge on any atom is -0.449 e. The molecule has 60 heavy (non-hydrogen) atoms. The van der Waals surface area contributed by atoms with Crippen LogP contribution in [0, 0.1) is 16.2 Å². The number of nitrogens with zero attached hydrogens (tertiary/aromatic N) is 2. The van der Waals surface area contributed by atoms with Gasteiger partial charge in [-0.3, -0.25) is 24.5 Å². The summed E-state index contributed by atoms with van der Waals surface area (Å²) in [5.74, 6) is 0.726. The molecule has 2 rings (SSSR count). The molecule has 2 N–H and O–H groups in total. The lowest BCUT2D eigenvalue weighted by molar-refractivity contribution is -0.140. The first-order valence-electron chi connectivity index (χ1n) is 23.9. The number of rotatable bonds is 23. The number of nitrogens with one attached hydrogen (secondary N) is 2. The molecule has 0 aromatic heterocycles. The van der Waals surface area contributed by atoms with E-state index in [1.54, 1.807) is 4.90 Å². The van der Waals surface area contributed by atoms with E-state index < -0.39 is 27.3 Å². The smallest absolute Gasteiger partial charge is 0.409 e. The molecule has 2 fully saturated rings. The highest BCUT2D eigenvalue weighted by atomic mass is 16.6. The number of carbonyl (C=O) groups excluding carboxylic acids is 5. The number of likely N-dealkylation sites (tertiary alicyclic amines) is 2. The van der Waals surface area contributed by atoms with Crippen LogP contribution in [0.3, 0.4) is 0 Å². The number of unbranched alkanes of at least 4 members (excludes halogenated alkanes) is 10. The van der Waals surface area contributed by atoms with Crippen molar-refractivity contribution in [3.8, 4) is 0 Å². The van der Waals surface area contributed by atoms with Gasteiger partial charge in [-0.25, -0.2) is 4.79 Å². The van der Waals surface area contributed by atoms with Crippen LogP contribution in [0.4, 0.5) is 4.79 Å². The first-order valence-corrected chi connectivity index (χ1v) is 23.9. The van der Waals surface area contributed by atoms with E-state index in [4.69, 9.17) is 4.74 Å². The minimum absolute atomic E-state index is 0.125. The fourth-order valence-electron chi connectivity index (χ4n) is 9.59. The van der Waals surface area contributed by atoms with Crippen LogP contribution in [0.15, 0.2) is 0 Å². The second-order valence-corrected chi connectivity index (χ2v) is 23.7. The van der Waals surface area contributed by atoms with E-state index in [1.807, 2.05) is 67.2 Å². The van der Waals surface area contributed by atoms with Crippen molar-refractivity contribution in [3.05, 3.63) is 0 Å². The van der Waals surface area contributed by atoms with Gasteiger partial charge in [0.1, 0.15) is 0 Å². The fourth-order valence-corrected chi connectivity index (χ4v) is 9.59. The van der Waals surface area contributed by atoms with Gasteiger partial charge in [-0.2, -0.15) is 0 Å². The largest absolute Gasteiger partial charge is 0.449 e. The van der Waals surface area contributed by atoms with Gasteiger partial charge < -0.3 is 19.9 Å². The highest BCUT2D eigenvalue weighted by Gasteiger charge is 2.51. The van der Waals surface area contributed by atoms with Gasteiger partial charge in [-0.05, 0) is 86.5 Å². The number of hydrogen-bond acceptors (Lipinski definition) is 8. The van der Waals surface area contributed by atoms with Crippen molar-refractivity contribution in [2.45, 2.75) is 248 Å². The molecule has 0 aromatic carbocycles. The van der Waals surface area contributed by atoms with Gasteiger partial charge >= 0.3 is 6.09 Å². The molecule has 10 heteroatoms. The summed E-state index contributed by atoms with van der Waals surface area (Å²) in [6.45, 7) is 32.3. The SMILES string of the molecule is CC(C)(C)NC(CCCCCCCCOC(=O)N1CC[C@@](NC(C)(C)C)(C(=O)C(C)(C)C)C1)(CCCCCCCCC(=O)N1CCC[C@@H]1C(=O)C(C)(C)C)C(=O)C(C)(C)C. The van der Waals surface area contributed by atoms with Crippen LogP contribution in [0.1, 0.15) is 219 Å². The van der Waals surface area contributed by atoms with Crippen LogP contribution < -0.4 is 10.6 Å². The van der Waals surface area contributed by atoms with Crippen LogP contribution in [-0.4, -0.2) is 93.6 Å². The maximum atomic E-state index is 14.2. The number of carbonyl (C=O) groups is 5. The molecule has 0 saturated carbocycles. The zero-order valence-corrected chi connectivity index (χ0v) is 41.5.